The van der Waals surface area contributed by atoms with Gasteiger partial charge in [-0.3, -0.25) is 14.5 Å². The zero-order chi connectivity index (χ0) is 21.5. The maximum atomic E-state index is 13.4. The number of rotatable bonds is 4. The molecule has 1 aliphatic rings. The second-order valence-corrected chi connectivity index (χ2v) is 7.85. The number of fused-ring (bicyclic) bond motifs is 1. The van der Waals surface area contributed by atoms with Crippen LogP contribution >= 0.6 is 0 Å². The van der Waals surface area contributed by atoms with Gasteiger partial charge < -0.3 is 10.4 Å². The summed E-state index contributed by atoms with van der Waals surface area (Å²) in [5, 5.41) is 14.4. The van der Waals surface area contributed by atoms with Crippen molar-refractivity contribution in [2.24, 2.45) is 0 Å². The Morgan fingerprint density at radius 2 is 1.70 bits per heavy atom. The van der Waals surface area contributed by atoms with Gasteiger partial charge in [-0.1, -0.05) is 65.7 Å². The molecule has 2 amide bonds. The van der Waals surface area contributed by atoms with Crippen molar-refractivity contribution in [1.29, 1.82) is 0 Å². The van der Waals surface area contributed by atoms with Gasteiger partial charge in [0.05, 0.1) is 5.69 Å². The van der Waals surface area contributed by atoms with Crippen LogP contribution in [0, 0.1) is 20.8 Å². The summed E-state index contributed by atoms with van der Waals surface area (Å²) in [5.74, 6) is -0.844. The third-order valence-electron chi connectivity index (χ3n) is 5.53. The van der Waals surface area contributed by atoms with E-state index in [0.717, 1.165) is 16.7 Å². The predicted molar refractivity (Wildman–Crippen MR) is 118 cm³/mol. The van der Waals surface area contributed by atoms with Crippen LogP contribution in [-0.4, -0.2) is 23.5 Å². The standard InChI is InChI=1S/C25H24N2O3/c1-16-7-6-8-19(14-16)25(30)20-9-4-5-10-22(20)27(24(25)29)15-23(28)26-21-12-11-17(2)13-18(21)3/h4-14,30H,15H2,1-3H3,(H,26,28)/t25-/m1/s1. The van der Waals surface area contributed by atoms with E-state index in [1.807, 2.05) is 51.1 Å². The van der Waals surface area contributed by atoms with Crippen molar-refractivity contribution in [3.8, 4) is 0 Å². The van der Waals surface area contributed by atoms with E-state index >= 15 is 0 Å². The van der Waals surface area contributed by atoms with Crippen LogP contribution in [0.5, 0.6) is 0 Å². The third kappa shape index (κ3) is 3.27. The van der Waals surface area contributed by atoms with Gasteiger partial charge in [-0.25, -0.2) is 0 Å². The highest BCUT2D eigenvalue weighted by atomic mass is 16.3. The fraction of sp³-hybridized carbons (Fsp3) is 0.200. The third-order valence-corrected chi connectivity index (χ3v) is 5.53. The molecule has 5 heteroatoms. The fourth-order valence-corrected chi connectivity index (χ4v) is 4.03. The lowest BCUT2D eigenvalue weighted by atomic mass is 9.87. The average Bonchev–Trinajstić information content (AvgIpc) is 2.93. The lowest BCUT2D eigenvalue weighted by Crippen LogP contribution is -2.44. The molecule has 0 spiro atoms. The van der Waals surface area contributed by atoms with Crippen LogP contribution < -0.4 is 10.2 Å². The molecule has 0 saturated heterocycles. The average molecular weight is 400 g/mol. The number of nitrogens with zero attached hydrogens (tertiary/aromatic N) is 1. The number of nitrogens with one attached hydrogen (secondary N) is 1. The van der Waals surface area contributed by atoms with Gasteiger partial charge in [0.1, 0.15) is 6.54 Å². The molecule has 5 nitrogen and oxygen atoms in total. The van der Waals surface area contributed by atoms with Crippen LogP contribution in [0.25, 0.3) is 0 Å². The highest BCUT2D eigenvalue weighted by Gasteiger charge is 2.51. The Kier molecular flexibility index (Phi) is 4.92. The molecule has 3 aromatic carbocycles. The lowest BCUT2D eigenvalue weighted by Gasteiger charge is -2.24. The summed E-state index contributed by atoms with van der Waals surface area (Å²) in [6, 6.07) is 20.1. The summed E-state index contributed by atoms with van der Waals surface area (Å²) < 4.78 is 0. The van der Waals surface area contributed by atoms with Gasteiger partial charge in [-0.2, -0.15) is 0 Å². The number of aliphatic hydroxyl groups is 1. The predicted octanol–water partition coefficient (Wildman–Crippen LogP) is 3.83. The Hall–Kier alpha value is -3.44. The van der Waals surface area contributed by atoms with Crippen molar-refractivity contribution in [3.63, 3.8) is 0 Å². The molecule has 0 aromatic heterocycles. The van der Waals surface area contributed by atoms with E-state index in [0.29, 0.717) is 22.5 Å². The minimum atomic E-state index is -1.82. The Bertz CT molecular complexity index is 1150. The second-order valence-electron chi connectivity index (χ2n) is 7.85. The maximum absolute atomic E-state index is 13.4. The Morgan fingerprint density at radius 1 is 0.967 bits per heavy atom. The van der Waals surface area contributed by atoms with E-state index < -0.39 is 11.5 Å². The van der Waals surface area contributed by atoms with E-state index in [1.54, 1.807) is 36.4 Å². The van der Waals surface area contributed by atoms with Gasteiger partial charge in [-0.05, 0) is 44.0 Å². The van der Waals surface area contributed by atoms with Gasteiger partial charge in [0, 0.05) is 11.3 Å². The van der Waals surface area contributed by atoms with Crippen LogP contribution in [0.15, 0.2) is 66.7 Å². The first-order chi connectivity index (χ1) is 14.3. The summed E-state index contributed by atoms with van der Waals surface area (Å²) in [4.78, 5) is 27.5. The van der Waals surface area contributed by atoms with E-state index in [9.17, 15) is 14.7 Å². The largest absolute Gasteiger partial charge is 0.372 e. The van der Waals surface area contributed by atoms with Crippen LogP contribution in [-0.2, 0) is 15.2 Å². The van der Waals surface area contributed by atoms with E-state index in [4.69, 9.17) is 0 Å². The number of hydrogen-bond acceptors (Lipinski definition) is 3. The van der Waals surface area contributed by atoms with Crippen molar-refractivity contribution in [2.75, 3.05) is 16.8 Å². The van der Waals surface area contributed by atoms with E-state index in [2.05, 4.69) is 5.32 Å². The number of hydrogen-bond donors (Lipinski definition) is 2. The molecule has 0 radical (unpaired) electrons. The summed E-state index contributed by atoms with van der Waals surface area (Å²) in [5.41, 5.74) is 3.42. The molecule has 152 valence electrons. The lowest BCUT2D eigenvalue weighted by molar-refractivity contribution is -0.133. The fourth-order valence-electron chi connectivity index (χ4n) is 4.03. The van der Waals surface area contributed by atoms with Crippen LogP contribution in [0.2, 0.25) is 0 Å². The molecule has 30 heavy (non-hydrogen) atoms. The number of para-hydroxylation sites is 1. The van der Waals surface area contributed by atoms with E-state index in [1.165, 1.54) is 4.90 Å². The highest BCUT2D eigenvalue weighted by molar-refractivity contribution is 6.12. The molecule has 0 fully saturated rings. The molecule has 1 heterocycles. The molecular weight excluding hydrogens is 376 g/mol. The molecule has 0 unspecified atom stereocenters. The Balaban J connectivity index is 1.66. The van der Waals surface area contributed by atoms with Crippen LogP contribution in [0.4, 0.5) is 11.4 Å². The van der Waals surface area contributed by atoms with Crippen LogP contribution in [0.3, 0.4) is 0 Å². The Morgan fingerprint density at radius 3 is 2.43 bits per heavy atom. The zero-order valence-corrected chi connectivity index (χ0v) is 17.3. The summed E-state index contributed by atoms with van der Waals surface area (Å²) >= 11 is 0. The number of carbonyl (C=O) groups excluding carboxylic acids is 2. The normalized spacial score (nSPS) is 17.7. The number of amides is 2. The monoisotopic (exact) mass is 400 g/mol. The molecule has 0 bridgehead atoms. The van der Waals surface area contributed by atoms with Crippen molar-refractivity contribution < 1.29 is 14.7 Å². The van der Waals surface area contributed by atoms with Crippen LogP contribution in [0.1, 0.15) is 27.8 Å². The quantitative estimate of drug-likeness (QED) is 0.699. The topological polar surface area (TPSA) is 69.6 Å². The number of aryl methyl sites for hydroxylation is 3. The summed E-state index contributed by atoms with van der Waals surface area (Å²) in [6.07, 6.45) is 0. The van der Waals surface area contributed by atoms with Gasteiger partial charge in [0.2, 0.25) is 5.91 Å². The minimum Gasteiger partial charge on any atom is -0.372 e. The maximum Gasteiger partial charge on any atom is 0.268 e. The zero-order valence-electron chi connectivity index (χ0n) is 17.3. The first-order valence-corrected chi connectivity index (χ1v) is 9.89. The molecule has 1 aliphatic heterocycles. The molecule has 4 rings (SSSR count). The number of benzene rings is 3. The van der Waals surface area contributed by atoms with Gasteiger partial charge in [-0.15, -0.1) is 0 Å². The summed E-state index contributed by atoms with van der Waals surface area (Å²) in [7, 11) is 0. The Labute approximate surface area is 176 Å². The smallest absolute Gasteiger partial charge is 0.268 e. The van der Waals surface area contributed by atoms with Gasteiger partial charge in [0.15, 0.2) is 5.60 Å². The van der Waals surface area contributed by atoms with Crippen molar-refractivity contribution >= 4 is 23.2 Å². The second kappa shape index (κ2) is 7.43. The number of carbonyl (C=O) groups is 2. The first-order valence-electron chi connectivity index (χ1n) is 9.89. The van der Waals surface area contributed by atoms with Crippen molar-refractivity contribution in [1.82, 2.24) is 0 Å². The first kappa shape index (κ1) is 19.9. The molecule has 1 atom stereocenters. The number of anilines is 2. The summed E-state index contributed by atoms with van der Waals surface area (Å²) in [6.45, 7) is 5.64. The highest BCUT2D eigenvalue weighted by Crippen LogP contribution is 2.44. The molecule has 0 saturated carbocycles. The molecule has 0 aliphatic carbocycles. The van der Waals surface area contributed by atoms with Crippen molar-refractivity contribution in [2.45, 2.75) is 26.4 Å². The molecule has 3 aromatic rings. The molecule has 2 N–H and O–H groups in total. The van der Waals surface area contributed by atoms with E-state index in [-0.39, 0.29) is 12.5 Å². The molecular formula is C25H24N2O3. The SMILES string of the molecule is Cc1cccc([C@]2(O)C(=O)N(CC(=O)Nc3ccc(C)cc3C)c3ccccc32)c1. The van der Waals surface area contributed by atoms with Gasteiger partial charge in [0.25, 0.3) is 5.91 Å². The van der Waals surface area contributed by atoms with Gasteiger partial charge >= 0.3 is 0 Å². The van der Waals surface area contributed by atoms with Crippen molar-refractivity contribution in [3.05, 3.63) is 94.5 Å². The minimum absolute atomic E-state index is 0.183.